The Balaban J connectivity index is 1.96. The van der Waals surface area contributed by atoms with Crippen molar-refractivity contribution in [1.82, 2.24) is 9.62 Å². The van der Waals surface area contributed by atoms with E-state index in [2.05, 4.69) is 5.32 Å². The number of piperidine rings is 1. The fourth-order valence-corrected chi connectivity index (χ4v) is 4.86. The summed E-state index contributed by atoms with van der Waals surface area (Å²) in [7, 11) is -3.46. The van der Waals surface area contributed by atoms with Gasteiger partial charge in [-0.2, -0.15) is 0 Å². The Hall–Kier alpha value is -0.820. The Morgan fingerprint density at radius 1 is 1.29 bits per heavy atom. The molecule has 1 aliphatic rings. The fraction of sp³-hybridized carbons (Fsp3) is 0.562. The third kappa shape index (κ3) is 5.09. The maximum absolute atomic E-state index is 12.6. The lowest BCUT2D eigenvalue weighted by molar-refractivity contribution is -0.126. The molecule has 0 aliphatic carbocycles. The van der Waals surface area contributed by atoms with Crippen LogP contribution < -0.4 is 5.32 Å². The second kappa shape index (κ2) is 8.52. The van der Waals surface area contributed by atoms with E-state index >= 15 is 0 Å². The molecule has 1 aliphatic heterocycles. The van der Waals surface area contributed by atoms with Crippen molar-refractivity contribution in [3.05, 3.63) is 33.8 Å². The van der Waals surface area contributed by atoms with Crippen LogP contribution in [-0.4, -0.2) is 38.3 Å². The van der Waals surface area contributed by atoms with E-state index in [0.717, 1.165) is 6.42 Å². The van der Waals surface area contributed by atoms with Crippen LogP contribution in [0.4, 0.5) is 0 Å². The fourth-order valence-electron chi connectivity index (χ4n) is 2.72. The summed E-state index contributed by atoms with van der Waals surface area (Å²) >= 11 is 11.9. The van der Waals surface area contributed by atoms with Gasteiger partial charge in [0.15, 0.2) is 0 Å². The molecule has 1 fully saturated rings. The number of amides is 1. The molecule has 1 amide bonds. The molecule has 2 rings (SSSR count). The molecular formula is C16H22Cl2N2O3S. The van der Waals surface area contributed by atoms with Gasteiger partial charge in [0.2, 0.25) is 15.9 Å². The van der Waals surface area contributed by atoms with Crippen molar-refractivity contribution >= 4 is 39.1 Å². The molecule has 1 aromatic rings. The molecule has 134 valence electrons. The highest BCUT2D eigenvalue weighted by atomic mass is 35.5. The number of hydrogen-bond donors (Lipinski definition) is 1. The van der Waals surface area contributed by atoms with Crippen LogP contribution >= 0.6 is 23.2 Å². The molecule has 1 saturated heterocycles. The van der Waals surface area contributed by atoms with E-state index in [1.165, 1.54) is 10.4 Å². The van der Waals surface area contributed by atoms with Gasteiger partial charge in [-0.25, -0.2) is 12.7 Å². The number of nitrogens with zero attached hydrogens (tertiary/aromatic N) is 1. The van der Waals surface area contributed by atoms with Gasteiger partial charge in [0.1, 0.15) is 0 Å². The average molecular weight is 393 g/mol. The molecule has 0 radical (unpaired) electrons. The van der Waals surface area contributed by atoms with Crippen molar-refractivity contribution in [3.63, 3.8) is 0 Å². The zero-order chi connectivity index (χ0) is 17.7. The van der Waals surface area contributed by atoms with Crippen molar-refractivity contribution in [2.45, 2.75) is 31.9 Å². The van der Waals surface area contributed by atoms with Crippen molar-refractivity contribution in [1.29, 1.82) is 0 Å². The normalized spacial score (nSPS) is 17.0. The highest BCUT2D eigenvalue weighted by Gasteiger charge is 2.31. The van der Waals surface area contributed by atoms with Gasteiger partial charge >= 0.3 is 0 Å². The van der Waals surface area contributed by atoms with Crippen LogP contribution in [0.25, 0.3) is 0 Å². The average Bonchev–Trinajstić information content (AvgIpc) is 2.55. The summed E-state index contributed by atoms with van der Waals surface area (Å²) in [4.78, 5) is 12.0. The summed E-state index contributed by atoms with van der Waals surface area (Å²) in [5.41, 5.74) is 0.531. The highest BCUT2D eigenvalue weighted by molar-refractivity contribution is 7.88. The second-order valence-corrected chi connectivity index (χ2v) is 8.77. The third-order valence-electron chi connectivity index (χ3n) is 4.12. The van der Waals surface area contributed by atoms with Crippen molar-refractivity contribution < 1.29 is 13.2 Å². The molecule has 0 unspecified atom stereocenters. The van der Waals surface area contributed by atoms with Crippen LogP contribution in [-0.2, 0) is 20.6 Å². The third-order valence-corrected chi connectivity index (χ3v) is 6.54. The van der Waals surface area contributed by atoms with Crippen LogP contribution in [0.5, 0.6) is 0 Å². The van der Waals surface area contributed by atoms with E-state index in [1.54, 1.807) is 12.1 Å². The smallest absolute Gasteiger partial charge is 0.223 e. The van der Waals surface area contributed by atoms with Crippen LogP contribution in [0.2, 0.25) is 10.0 Å². The van der Waals surface area contributed by atoms with Crippen molar-refractivity contribution in [2.75, 3.05) is 19.6 Å². The molecular weight excluding hydrogens is 371 g/mol. The summed E-state index contributed by atoms with van der Waals surface area (Å²) in [6.45, 7) is 3.37. The molecule has 1 N–H and O–H groups in total. The minimum Gasteiger partial charge on any atom is -0.356 e. The number of benzene rings is 1. The van der Waals surface area contributed by atoms with Crippen LogP contribution in [0.15, 0.2) is 18.2 Å². The molecule has 0 aromatic heterocycles. The lowest BCUT2D eigenvalue weighted by atomic mass is 9.97. The topological polar surface area (TPSA) is 66.5 Å². The van der Waals surface area contributed by atoms with Crippen molar-refractivity contribution in [3.8, 4) is 0 Å². The number of carbonyl (C=O) groups is 1. The summed E-state index contributed by atoms with van der Waals surface area (Å²) in [6, 6.07) is 4.80. The summed E-state index contributed by atoms with van der Waals surface area (Å²) < 4.78 is 26.6. The van der Waals surface area contributed by atoms with Gasteiger partial charge in [-0.05, 0) is 37.0 Å². The van der Waals surface area contributed by atoms with Gasteiger partial charge in [0.05, 0.1) is 5.75 Å². The number of carbonyl (C=O) groups excluding carboxylic acids is 1. The first-order chi connectivity index (χ1) is 11.3. The predicted octanol–water partition coefficient (Wildman–Crippen LogP) is 3.06. The zero-order valence-electron chi connectivity index (χ0n) is 13.6. The maximum atomic E-state index is 12.6. The summed E-state index contributed by atoms with van der Waals surface area (Å²) in [5, 5.41) is 3.69. The number of sulfonamides is 1. The van der Waals surface area contributed by atoms with E-state index < -0.39 is 10.0 Å². The highest BCUT2D eigenvalue weighted by Crippen LogP contribution is 2.26. The number of nitrogens with one attached hydrogen (secondary N) is 1. The minimum absolute atomic E-state index is 0.0228. The van der Waals surface area contributed by atoms with E-state index in [1.807, 2.05) is 6.92 Å². The van der Waals surface area contributed by atoms with Gasteiger partial charge in [0.25, 0.3) is 0 Å². The monoisotopic (exact) mass is 392 g/mol. The lowest BCUT2D eigenvalue weighted by Crippen LogP contribution is -2.43. The van der Waals surface area contributed by atoms with E-state index in [-0.39, 0.29) is 17.6 Å². The van der Waals surface area contributed by atoms with Gasteiger partial charge in [-0.15, -0.1) is 0 Å². The zero-order valence-corrected chi connectivity index (χ0v) is 15.9. The molecule has 0 saturated carbocycles. The molecule has 0 atom stereocenters. The molecule has 8 heteroatoms. The number of halogens is 2. The van der Waals surface area contributed by atoms with Gasteiger partial charge in [-0.3, -0.25) is 4.79 Å². The Morgan fingerprint density at radius 3 is 2.54 bits per heavy atom. The largest absolute Gasteiger partial charge is 0.356 e. The van der Waals surface area contributed by atoms with E-state index in [0.29, 0.717) is 48.1 Å². The van der Waals surface area contributed by atoms with E-state index in [4.69, 9.17) is 23.2 Å². The Bertz CT molecular complexity index is 687. The SMILES string of the molecule is CCCNC(=O)C1CCN(S(=O)(=O)Cc2ccc(Cl)cc2Cl)CC1. The van der Waals surface area contributed by atoms with Gasteiger partial charge in [0, 0.05) is 35.6 Å². The molecule has 5 nitrogen and oxygen atoms in total. The molecule has 24 heavy (non-hydrogen) atoms. The van der Waals surface area contributed by atoms with E-state index in [9.17, 15) is 13.2 Å². The first-order valence-corrected chi connectivity index (χ1v) is 10.4. The quantitative estimate of drug-likeness (QED) is 0.808. The lowest BCUT2D eigenvalue weighted by Gasteiger charge is -2.30. The number of rotatable bonds is 6. The molecule has 0 bridgehead atoms. The Morgan fingerprint density at radius 2 is 1.96 bits per heavy atom. The van der Waals surface area contributed by atoms with Crippen LogP contribution in [0, 0.1) is 5.92 Å². The molecule has 1 heterocycles. The van der Waals surface area contributed by atoms with Crippen LogP contribution in [0.1, 0.15) is 31.7 Å². The Kier molecular flexibility index (Phi) is 6.92. The van der Waals surface area contributed by atoms with Crippen LogP contribution in [0.3, 0.4) is 0 Å². The Labute approximate surface area is 153 Å². The molecule has 1 aromatic carbocycles. The maximum Gasteiger partial charge on any atom is 0.223 e. The van der Waals surface area contributed by atoms with Gasteiger partial charge < -0.3 is 5.32 Å². The first kappa shape index (κ1) is 19.5. The summed E-state index contributed by atoms with van der Waals surface area (Å²) in [5.74, 6) is -0.243. The predicted molar refractivity (Wildman–Crippen MR) is 96.7 cm³/mol. The minimum atomic E-state index is -3.46. The van der Waals surface area contributed by atoms with Crippen molar-refractivity contribution in [2.24, 2.45) is 5.92 Å². The number of hydrogen-bond acceptors (Lipinski definition) is 3. The van der Waals surface area contributed by atoms with Gasteiger partial charge in [-0.1, -0.05) is 36.2 Å². The first-order valence-electron chi connectivity index (χ1n) is 8.03. The molecule has 0 spiro atoms. The second-order valence-electron chi connectivity index (χ2n) is 5.96. The standard InChI is InChI=1S/C16H22Cl2N2O3S/c1-2-7-19-16(21)12-5-8-20(9-6-12)24(22,23)11-13-3-4-14(17)10-15(13)18/h3-4,10,12H,2,5-9,11H2,1H3,(H,19,21). The summed E-state index contributed by atoms with van der Waals surface area (Å²) in [6.07, 6.45) is 1.98.